The summed E-state index contributed by atoms with van der Waals surface area (Å²) in [6.45, 7) is 2.87. The fourth-order valence-corrected chi connectivity index (χ4v) is 5.16. The number of carbonyl (C=O) groups excluding carboxylic acids is 1. The van der Waals surface area contributed by atoms with E-state index in [1.54, 1.807) is 18.2 Å². The van der Waals surface area contributed by atoms with Gasteiger partial charge in [0.1, 0.15) is 43.7 Å². The van der Waals surface area contributed by atoms with E-state index in [0.717, 1.165) is 46.3 Å². The molecule has 0 bridgehead atoms. The average molecular weight is 683 g/mol. The highest BCUT2D eigenvalue weighted by Crippen LogP contribution is 2.36. The van der Waals surface area contributed by atoms with Crippen molar-refractivity contribution in [2.45, 2.75) is 6.54 Å². The third-order valence-corrected chi connectivity index (χ3v) is 7.59. The van der Waals surface area contributed by atoms with E-state index < -0.39 is 0 Å². The Hall–Kier alpha value is -6.61. The van der Waals surface area contributed by atoms with Gasteiger partial charge in [0.2, 0.25) is 0 Å². The standard InChI is InChI=1S/C21H19NO3.C12H11NO.C9H8O3/c1-2-8-17(9-3-1)25-19-11-5-4-10-18(19)22-15-16-7-6-12-20-21(16)24-14-13-23-20;13-11-8-4-5-9-12(11)14-10-6-2-1-3-7-10;10-6-7-2-1-3-8-9(7)12-5-4-11-8/h1-12,22H,13-15H2;1-9H,13H2;1-3,6H,4-5H2. The number of nitrogens with two attached hydrogens (primary N) is 1. The fraction of sp³-hybridized carbons (Fsp3) is 0.119. The third kappa shape index (κ3) is 9.51. The maximum Gasteiger partial charge on any atom is 0.171 e. The van der Waals surface area contributed by atoms with Crippen molar-refractivity contribution in [2.24, 2.45) is 0 Å². The van der Waals surface area contributed by atoms with Gasteiger partial charge in [0, 0.05) is 12.1 Å². The minimum atomic E-state index is 0.512. The molecule has 0 saturated carbocycles. The van der Waals surface area contributed by atoms with E-state index in [0.29, 0.717) is 61.5 Å². The van der Waals surface area contributed by atoms with Gasteiger partial charge >= 0.3 is 0 Å². The Labute approximate surface area is 297 Å². The van der Waals surface area contributed by atoms with Crippen molar-refractivity contribution in [3.63, 3.8) is 0 Å². The molecule has 258 valence electrons. The van der Waals surface area contributed by atoms with Crippen LogP contribution in [0.15, 0.2) is 146 Å². The molecule has 2 aliphatic rings. The lowest BCUT2D eigenvalue weighted by Crippen LogP contribution is -2.17. The van der Waals surface area contributed by atoms with Gasteiger partial charge in [0.05, 0.1) is 16.9 Å². The first-order chi connectivity index (χ1) is 25.2. The molecule has 0 saturated heterocycles. The molecule has 8 rings (SSSR count). The SMILES string of the molecule is Nc1ccccc1Oc1ccccc1.O=Cc1cccc2c1OCCO2.c1ccc(Oc2ccccc2NCc2cccc3c2OCCO3)cc1. The maximum atomic E-state index is 10.5. The molecule has 2 heterocycles. The fourth-order valence-electron chi connectivity index (χ4n) is 5.16. The lowest BCUT2D eigenvalue weighted by molar-refractivity contribution is 0.111. The van der Waals surface area contributed by atoms with Gasteiger partial charge in [-0.3, -0.25) is 4.79 Å². The predicted molar refractivity (Wildman–Crippen MR) is 198 cm³/mol. The number of hydrogen-bond acceptors (Lipinski definition) is 9. The second kappa shape index (κ2) is 17.7. The smallest absolute Gasteiger partial charge is 0.171 e. The van der Waals surface area contributed by atoms with Crippen LogP contribution in [-0.4, -0.2) is 32.7 Å². The molecule has 0 radical (unpaired) electrons. The zero-order valence-electron chi connectivity index (χ0n) is 27.9. The molecule has 3 N–H and O–H groups in total. The van der Waals surface area contributed by atoms with Crippen molar-refractivity contribution in [1.29, 1.82) is 0 Å². The molecule has 0 spiro atoms. The molecule has 51 heavy (non-hydrogen) atoms. The molecule has 6 aromatic rings. The Morgan fingerprint density at radius 1 is 0.549 bits per heavy atom. The largest absolute Gasteiger partial charge is 0.486 e. The summed E-state index contributed by atoms with van der Waals surface area (Å²) in [7, 11) is 0. The van der Waals surface area contributed by atoms with Gasteiger partial charge in [0.15, 0.2) is 35.0 Å². The number of nitrogens with one attached hydrogen (secondary N) is 1. The number of para-hydroxylation sites is 8. The topological polar surface area (TPSA) is 111 Å². The highest BCUT2D eigenvalue weighted by molar-refractivity contribution is 5.81. The van der Waals surface area contributed by atoms with E-state index in [9.17, 15) is 4.79 Å². The van der Waals surface area contributed by atoms with Crippen LogP contribution in [0.5, 0.6) is 46.0 Å². The van der Waals surface area contributed by atoms with Crippen molar-refractivity contribution < 1.29 is 33.2 Å². The van der Waals surface area contributed by atoms with Crippen LogP contribution < -0.4 is 39.5 Å². The van der Waals surface area contributed by atoms with Crippen molar-refractivity contribution in [2.75, 3.05) is 37.5 Å². The molecule has 0 aromatic heterocycles. The van der Waals surface area contributed by atoms with Crippen LogP contribution in [0.3, 0.4) is 0 Å². The molecule has 2 aliphatic heterocycles. The van der Waals surface area contributed by atoms with Crippen LogP contribution in [0.1, 0.15) is 15.9 Å². The number of nitrogen functional groups attached to an aromatic ring is 1. The molecule has 0 fully saturated rings. The van der Waals surface area contributed by atoms with Crippen LogP contribution in [0.4, 0.5) is 11.4 Å². The van der Waals surface area contributed by atoms with Crippen LogP contribution >= 0.6 is 0 Å². The molecule has 0 amide bonds. The lowest BCUT2D eigenvalue weighted by atomic mass is 10.1. The number of hydrogen-bond donors (Lipinski definition) is 2. The normalized spacial score (nSPS) is 12.1. The van der Waals surface area contributed by atoms with Crippen LogP contribution in [0, 0.1) is 0 Å². The van der Waals surface area contributed by atoms with E-state index >= 15 is 0 Å². The maximum absolute atomic E-state index is 10.5. The minimum absolute atomic E-state index is 0.512. The first-order valence-corrected chi connectivity index (χ1v) is 16.5. The average Bonchev–Trinajstić information content (AvgIpc) is 3.19. The number of carbonyl (C=O) groups is 1. The highest BCUT2D eigenvalue weighted by atomic mass is 16.6. The van der Waals surface area contributed by atoms with Crippen molar-refractivity contribution >= 4 is 17.7 Å². The van der Waals surface area contributed by atoms with Crippen molar-refractivity contribution in [1.82, 2.24) is 0 Å². The zero-order valence-corrected chi connectivity index (χ0v) is 27.9. The minimum Gasteiger partial charge on any atom is -0.486 e. The van der Waals surface area contributed by atoms with Crippen LogP contribution in [-0.2, 0) is 6.54 Å². The third-order valence-electron chi connectivity index (χ3n) is 7.59. The van der Waals surface area contributed by atoms with Gasteiger partial charge in [-0.15, -0.1) is 0 Å². The number of benzene rings is 6. The summed E-state index contributed by atoms with van der Waals surface area (Å²) >= 11 is 0. The number of anilines is 2. The van der Waals surface area contributed by atoms with E-state index in [4.69, 9.17) is 34.2 Å². The molecule has 0 aliphatic carbocycles. The van der Waals surface area contributed by atoms with E-state index in [1.165, 1.54) is 0 Å². The summed E-state index contributed by atoms with van der Waals surface area (Å²) in [6, 6.07) is 45.9. The van der Waals surface area contributed by atoms with E-state index in [1.807, 2.05) is 127 Å². The Kier molecular flexibility index (Phi) is 11.9. The molecular formula is C42H38N2O7. The first kappa shape index (κ1) is 34.3. The molecule has 9 heteroatoms. The van der Waals surface area contributed by atoms with E-state index in [-0.39, 0.29) is 0 Å². The summed E-state index contributed by atoms with van der Waals surface area (Å²) in [5.74, 6) is 5.94. The number of rotatable bonds is 8. The van der Waals surface area contributed by atoms with Gasteiger partial charge in [-0.05, 0) is 66.7 Å². The Morgan fingerprint density at radius 2 is 1.08 bits per heavy atom. The summed E-state index contributed by atoms with van der Waals surface area (Å²) in [5, 5.41) is 3.44. The van der Waals surface area contributed by atoms with Gasteiger partial charge in [-0.1, -0.05) is 78.9 Å². The second-order valence-corrected chi connectivity index (χ2v) is 11.1. The molecule has 9 nitrogen and oxygen atoms in total. The Bertz CT molecular complexity index is 2000. The zero-order chi connectivity index (χ0) is 35.1. The monoisotopic (exact) mass is 682 g/mol. The lowest BCUT2D eigenvalue weighted by Gasteiger charge is -2.21. The highest BCUT2D eigenvalue weighted by Gasteiger charge is 2.16. The summed E-state index contributed by atoms with van der Waals surface area (Å²) in [4.78, 5) is 10.5. The number of aldehydes is 1. The molecule has 0 atom stereocenters. The number of ether oxygens (including phenoxy) is 6. The predicted octanol–water partition coefficient (Wildman–Crippen LogP) is 9.19. The van der Waals surface area contributed by atoms with Crippen molar-refractivity contribution in [3.05, 3.63) is 157 Å². The van der Waals surface area contributed by atoms with Gasteiger partial charge in [-0.25, -0.2) is 0 Å². The van der Waals surface area contributed by atoms with E-state index in [2.05, 4.69) is 5.32 Å². The summed E-state index contributed by atoms with van der Waals surface area (Å²) in [5.41, 5.74) is 8.93. The first-order valence-electron chi connectivity index (χ1n) is 16.5. The molecule has 6 aromatic carbocycles. The van der Waals surface area contributed by atoms with Gasteiger partial charge in [0.25, 0.3) is 0 Å². The number of fused-ring (bicyclic) bond motifs is 2. The Morgan fingerprint density at radius 3 is 1.75 bits per heavy atom. The quantitative estimate of drug-likeness (QED) is 0.120. The second-order valence-electron chi connectivity index (χ2n) is 11.1. The summed E-state index contributed by atoms with van der Waals surface area (Å²) in [6.07, 6.45) is 0.771. The van der Waals surface area contributed by atoms with Crippen LogP contribution in [0.2, 0.25) is 0 Å². The molecular weight excluding hydrogens is 644 g/mol. The van der Waals surface area contributed by atoms with Crippen LogP contribution in [0.25, 0.3) is 0 Å². The van der Waals surface area contributed by atoms with Gasteiger partial charge in [-0.2, -0.15) is 0 Å². The van der Waals surface area contributed by atoms with Crippen molar-refractivity contribution in [3.8, 4) is 46.0 Å². The molecule has 0 unspecified atom stereocenters. The Balaban J connectivity index is 0.000000145. The summed E-state index contributed by atoms with van der Waals surface area (Å²) < 4.78 is 33.6. The van der Waals surface area contributed by atoms with Gasteiger partial charge < -0.3 is 39.5 Å².